The van der Waals surface area contributed by atoms with E-state index in [1.165, 1.54) is 6.42 Å². The fraction of sp³-hybridized carbons (Fsp3) is 0.923. The minimum Gasteiger partial charge on any atom is -0.310 e. The van der Waals surface area contributed by atoms with Crippen molar-refractivity contribution in [3.63, 3.8) is 0 Å². The summed E-state index contributed by atoms with van der Waals surface area (Å²) in [6.07, 6.45) is 3.31. The van der Waals surface area contributed by atoms with Gasteiger partial charge in [0.25, 0.3) is 0 Å². The van der Waals surface area contributed by atoms with Gasteiger partial charge in [-0.3, -0.25) is 5.43 Å². The first-order valence-electron chi connectivity index (χ1n) is 6.40. The predicted octanol–water partition coefficient (Wildman–Crippen LogP) is 2.92. The highest BCUT2D eigenvalue weighted by Gasteiger charge is 2.05. The summed E-state index contributed by atoms with van der Waals surface area (Å²) >= 11 is 0. The minimum absolute atomic E-state index is 0.617. The molecule has 0 amide bonds. The second-order valence-corrected chi connectivity index (χ2v) is 5.39. The van der Waals surface area contributed by atoms with Gasteiger partial charge in [0.05, 0.1) is 0 Å². The fourth-order valence-corrected chi connectivity index (χ4v) is 1.66. The Morgan fingerprint density at radius 1 is 1.25 bits per heavy atom. The summed E-state index contributed by atoms with van der Waals surface area (Å²) in [5.74, 6) is 1.38. The summed E-state index contributed by atoms with van der Waals surface area (Å²) in [6.45, 7) is 10.7. The van der Waals surface area contributed by atoms with Gasteiger partial charge in [0.1, 0.15) is 0 Å². The van der Waals surface area contributed by atoms with Crippen LogP contribution in [0.3, 0.4) is 0 Å². The predicted molar refractivity (Wildman–Crippen MR) is 71.9 cm³/mol. The molecule has 0 aromatic heterocycles. The van der Waals surface area contributed by atoms with E-state index in [1.807, 2.05) is 6.92 Å². The molecule has 3 nitrogen and oxygen atoms in total. The second kappa shape index (κ2) is 8.71. The van der Waals surface area contributed by atoms with Crippen molar-refractivity contribution >= 4 is 5.71 Å². The van der Waals surface area contributed by atoms with Crippen LogP contribution in [0.1, 0.15) is 47.0 Å². The lowest BCUT2D eigenvalue weighted by atomic mass is 10.0. The summed E-state index contributed by atoms with van der Waals surface area (Å²) in [5, 5.41) is 9.62. The van der Waals surface area contributed by atoms with E-state index in [0.29, 0.717) is 5.92 Å². The number of hydrogen-bond donors (Lipinski definition) is 2. The van der Waals surface area contributed by atoms with Gasteiger partial charge in [-0.05, 0) is 38.0 Å². The average Bonchev–Trinajstić information content (AvgIpc) is 2.13. The van der Waals surface area contributed by atoms with Gasteiger partial charge in [0.15, 0.2) is 0 Å². The molecule has 0 saturated carbocycles. The lowest BCUT2D eigenvalue weighted by Gasteiger charge is -2.20. The van der Waals surface area contributed by atoms with E-state index >= 15 is 0 Å². The molecule has 0 heterocycles. The largest absolute Gasteiger partial charge is 0.310 e. The molecule has 0 aliphatic rings. The van der Waals surface area contributed by atoms with Crippen molar-refractivity contribution < 1.29 is 0 Å². The molecular formula is C13H29N3. The zero-order chi connectivity index (χ0) is 12.6. The fourth-order valence-electron chi connectivity index (χ4n) is 1.66. The van der Waals surface area contributed by atoms with Crippen LogP contribution in [0.4, 0.5) is 0 Å². The molecule has 96 valence electrons. The van der Waals surface area contributed by atoms with Gasteiger partial charge in [-0.25, -0.2) is 5.01 Å². The lowest BCUT2D eigenvalue weighted by Crippen LogP contribution is -2.36. The molecular weight excluding hydrogens is 198 g/mol. The molecule has 1 atom stereocenters. The van der Waals surface area contributed by atoms with Crippen molar-refractivity contribution in [1.82, 2.24) is 10.4 Å². The molecule has 1 unspecified atom stereocenters. The van der Waals surface area contributed by atoms with Gasteiger partial charge in [-0.15, -0.1) is 0 Å². The Balaban J connectivity index is 3.49. The average molecular weight is 227 g/mol. The summed E-state index contributed by atoms with van der Waals surface area (Å²) in [7, 11) is 2.10. The summed E-state index contributed by atoms with van der Waals surface area (Å²) in [5.41, 5.74) is 4.20. The lowest BCUT2D eigenvalue weighted by molar-refractivity contribution is 0.215. The highest BCUT2D eigenvalue weighted by atomic mass is 15.5. The standard InChI is InChI=1S/C13H29N3/c1-11(2)6-8-15-16(5)9-7-12(3)10-13(4)14/h11-12,14-15H,6-10H2,1-5H3. The van der Waals surface area contributed by atoms with E-state index in [2.05, 4.69) is 38.3 Å². The van der Waals surface area contributed by atoms with E-state index in [4.69, 9.17) is 5.41 Å². The third kappa shape index (κ3) is 10.1. The Bertz CT molecular complexity index is 190. The Morgan fingerprint density at radius 2 is 1.88 bits per heavy atom. The third-order valence-electron chi connectivity index (χ3n) is 2.72. The molecule has 0 radical (unpaired) electrons. The van der Waals surface area contributed by atoms with E-state index < -0.39 is 0 Å². The normalized spacial score (nSPS) is 13.4. The SMILES string of the molecule is CC(=N)CC(C)CCN(C)NCCC(C)C. The van der Waals surface area contributed by atoms with Crippen molar-refractivity contribution in [1.29, 1.82) is 5.41 Å². The van der Waals surface area contributed by atoms with Gasteiger partial charge >= 0.3 is 0 Å². The van der Waals surface area contributed by atoms with Crippen molar-refractivity contribution in [2.45, 2.75) is 47.0 Å². The van der Waals surface area contributed by atoms with E-state index in [-0.39, 0.29) is 0 Å². The second-order valence-electron chi connectivity index (χ2n) is 5.39. The molecule has 0 aliphatic heterocycles. The molecule has 3 heteroatoms. The van der Waals surface area contributed by atoms with Crippen molar-refractivity contribution in [2.24, 2.45) is 11.8 Å². The smallest absolute Gasteiger partial charge is 0.0130 e. The Labute approximate surface area is 101 Å². The van der Waals surface area contributed by atoms with Crippen LogP contribution in [0.5, 0.6) is 0 Å². The van der Waals surface area contributed by atoms with Gasteiger partial charge in [0.2, 0.25) is 0 Å². The van der Waals surface area contributed by atoms with Gasteiger partial charge in [-0.1, -0.05) is 20.8 Å². The monoisotopic (exact) mass is 227 g/mol. The molecule has 2 N–H and O–H groups in total. The van der Waals surface area contributed by atoms with Crippen LogP contribution >= 0.6 is 0 Å². The number of hydrazine groups is 1. The maximum Gasteiger partial charge on any atom is 0.0130 e. The maximum absolute atomic E-state index is 7.44. The van der Waals surface area contributed by atoms with Crippen LogP contribution in [0.15, 0.2) is 0 Å². The van der Waals surface area contributed by atoms with Crippen molar-refractivity contribution in [2.75, 3.05) is 20.1 Å². The zero-order valence-electron chi connectivity index (χ0n) is 11.6. The van der Waals surface area contributed by atoms with Gasteiger partial charge in [-0.2, -0.15) is 0 Å². The van der Waals surface area contributed by atoms with Gasteiger partial charge < -0.3 is 5.41 Å². The van der Waals surface area contributed by atoms with E-state index in [1.54, 1.807) is 0 Å². The Morgan fingerprint density at radius 3 is 2.38 bits per heavy atom. The van der Waals surface area contributed by atoms with Crippen LogP contribution in [0.2, 0.25) is 0 Å². The molecule has 0 bridgehead atoms. The first-order chi connectivity index (χ1) is 7.41. The van der Waals surface area contributed by atoms with Crippen LogP contribution in [-0.2, 0) is 0 Å². The molecule has 0 saturated heterocycles. The number of nitrogens with zero attached hydrogens (tertiary/aromatic N) is 1. The van der Waals surface area contributed by atoms with Crippen LogP contribution in [-0.4, -0.2) is 30.9 Å². The van der Waals surface area contributed by atoms with E-state index in [9.17, 15) is 0 Å². The van der Waals surface area contributed by atoms with Crippen LogP contribution in [0, 0.1) is 17.2 Å². The number of hydrogen-bond acceptors (Lipinski definition) is 3. The summed E-state index contributed by atoms with van der Waals surface area (Å²) in [4.78, 5) is 0. The number of rotatable bonds is 9. The topological polar surface area (TPSA) is 39.1 Å². The van der Waals surface area contributed by atoms with Crippen molar-refractivity contribution in [3.8, 4) is 0 Å². The van der Waals surface area contributed by atoms with Crippen LogP contribution in [0.25, 0.3) is 0 Å². The Hall–Kier alpha value is -0.410. The minimum atomic E-state index is 0.617. The van der Waals surface area contributed by atoms with Crippen LogP contribution < -0.4 is 5.43 Å². The maximum atomic E-state index is 7.44. The van der Waals surface area contributed by atoms with Gasteiger partial charge in [0, 0.05) is 25.8 Å². The first-order valence-corrected chi connectivity index (χ1v) is 6.40. The molecule has 0 fully saturated rings. The quantitative estimate of drug-likeness (QED) is 0.469. The highest BCUT2D eigenvalue weighted by Crippen LogP contribution is 2.08. The molecule has 0 spiro atoms. The third-order valence-corrected chi connectivity index (χ3v) is 2.72. The molecule has 0 aromatic carbocycles. The van der Waals surface area contributed by atoms with E-state index in [0.717, 1.165) is 37.6 Å². The summed E-state index contributed by atoms with van der Waals surface area (Å²) < 4.78 is 0. The Kier molecular flexibility index (Phi) is 8.49. The molecule has 16 heavy (non-hydrogen) atoms. The highest BCUT2D eigenvalue weighted by molar-refractivity contribution is 5.78. The molecule has 0 rings (SSSR count). The number of nitrogens with one attached hydrogen (secondary N) is 2. The van der Waals surface area contributed by atoms with Crippen molar-refractivity contribution in [3.05, 3.63) is 0 Å². The summed E-state index contributed by atoms with van der Waals surface area (Å²) in [6, 6.07) is 0. The molecule has 0 aliphatic carbocycles. The molecule has 0 aromatic rings. The zero-order valence-corrected chi connectivity index (χ0v) is 11.6. The first kappa shape index (κ1) is 15.6.